The van der Waals surface area contributed by atoms with Crippen LogP contribution in [0.15, 0.2) is 24.3 Å². The molecular weight excluding hydrogens is 423 g/mol. The largest absolute Gasteiger partial charge is 0.465 e. The van der Waals surface area contributed by atoms with Crippen molar-refractivity contribution in [2.24, 2.45) is 0 Å². The molecule has 0 atom stereocenters. The maximum Gasteiger partial charge on any atom is 0.416 e. The van der Waals surface area contributed by atoms with Crippen LogP contribution in [0, 0.1) is 13.8 Å². The molecule has 158 valence electrons. The summed E-state index contributed by atoms with van der Waals surface area (Å²) in [5.74, 6) is -1.15. The van der Waals surface area contributed by atoms with Gasteiger partial charge >= 0.3 is 12.1 Å². The number of halogens is 3. The van der Waals surface area contributed by atoms with Crippen molar-refractivity contribution in [3.63, 3.8) is 0 Å². The Morgan fingerprint density at radius 1 is 1.27 bits per heavy atom. The number of carbonyl (C=O) groups is 2. The first-order valence-electron chi connectivity index (χ1n) is 8.53. The highest BCUT2D eigenvalue weighted by molar-refractivity contribution is 7.16. The van der Waals surface area contributed by atoms with E-state index in [9.17, 15) is 22.8 Å². The monoisotopic (exact) mass is 439 g/mol. The highest BCUT2D eigenvalue weighted by atomic mass is 32.1. The lowest BCUT2D eigenvalue weighted by Crippen LogP contribution is -2.21. The number of methoxy groups -OCH3 is 1. The van der Waals surface area contributed by atoms with Gasteiger partial charge in [0.05, 0.1) is 18.2 Å². The fourth-order valence-electron chi connectivity index (χ4n) is 2.62. The van der Waals surface area contributed by atoms with Crippen molar-refractivity contribution >= 4 is 28.2 Å². The standard InChI is InChI=1S/C18H16F3N5O3S/c1-9-10(2)30-16(14(9)17(28)29-3)22-13(27)8-26-24-15(23-25-26)11-5-4-6-12(7-11)18(19,20)21/h4-7H,8H2,1-3H3,(H,22,27). The van der Waals surface area contributed by atoms with Gasteiger partial charge in [-0.2, -0.15) is 18.0 Å². The highest BCUT2D eigenvalue weighted by Crippen LogP contribution is 2.33. The van der Waals surface area contributed by atoms with E-state index in [0.717, 1.165) is 21.8 Å². The van der Waals surface area contributed by atoms with Gasteiger partial charge in [-0.1, -0.05) is 12.1 Å². The van der Waals surface area contributed by atoms with Crippen LogP contribution in [-0.4, -0.2) is 39.2 Å². The zero-order valence-corrected chi connectivity index (χ0v) is 16.9. The van der Waals surface area contributed by atoms with Crippen molar-refractivity contribution in [1.29, 1.82) is 0 Å². The van der Waals surface area contributed by atoms with E-state index in [1.807, 2.05) is 6.92 Å². The second-order valence-corrected chi connectivity index (χ2v) is 7.47. The summed E-state index contributed by atoms with van der Waals surface area (Å²) >= 11 is 1.22. The van der Waals surface area contributed by atoms with Crippen molar-refractivity contribution in [1.82, 2.24) is 20.2 Å². The molecule has 0 aliphatic heterocycles. The lowest BCUT2D eigenvalue weighted by atomic mass is 10.1. The zero-order chi connectivity index (χ0) is 22.1. The van der Waals surface area contributed by atoms with Crippen LogP contribution in [-0.2, 0) is 22.3 Å². The third kappa shape index (κ3) is 4.48. The van der Waals surface area contributed by atoms with Gasteiger partial charge in [0.1, 0.15) is 11.5 Å². The van der Waals surface area contributed by atoms with E-state index in [2.05, 4.69) is 20.7 Å². The van der Waals surface area contributed by atoms with Crippen LogP contribution in [0.1, 0.15) is 26.4 Å². The molecule has 0 bridgehead atoms. The Morgan fingerprint density at radius 2 is 2.00 bits per heavy atom. The van der Waals surface area contributed by atoms with Crippen molar-refractivity contribution < 1.29 is 27.5 Å². The number of rotatable bonds is 5. The minimum Gasteiger partial charge on any atom is -0.465 e. The average molecular weight is 439 g/mol. The topological polar surface area (TPSA) is 99.0 Å². The molecule has 2 aromatic heterocycles. The van der Waals surface area contributed by atoms with Gasteiger partial charge in [0.25, 0.3) is 0 Å². The quantitative estimate of drug-likeness (QED) is 0.612. The summed E-state index contributed by atoms with van der Waals surface area (Å²) in [5, 5.41) is 14.3. The molecule has 0 saturated heterocycles. The number of hydrogen-bond donors (Lipinski definition) is 1. The minimum absolute atomic E-state index is 0.0491. The maximum atomic E-state index is 12.9. The number of hydrogen-bond acceptors (Lipinski definition) is 7. The molecule has 0 aliphatic rings. The minimum atomic E-state index is -4.50. The van der Waals surface area contributed by atoms with Crippen LogP contribution in [0.4, 0.5) is 18.2 Å². The molecule has 3 aromatic rings. The summed E-state index contributed by atoms with van der Waals surface area (Å²) < 4.78 is 43.4. The van der Waals surface area contributed by atoms with Crippen LogP contribution in [0.2, 0.25) is 0 Å². The Bertz CT molecular complexity index is 1110. The number of carbonyl (C=O) groups excluding carboxylic acids is 2. The zero-order valence-electron chi connectivity index (χ0n) is 16.1. The number of thiophene rings is 1. The Balaban J connectivity index is 1.75. The molecule has 0 aliphatic carbocycles. The number of nitrogens with one attached hydrogen (secondary N) is 1. The van der Waals surface area contributed by atoms with Crippen molar-refractivity contribution in [2.45, 2.75) is 26.6 Å². The first kappa shape index (κ1) is 21.4. The number of anilines is 1. The molecule has 8 nitrogen and oxygen atoms in total. The molecule has 30 heavy (non-hydrogen) atoms. The van der Waals surface area contributed by atoms with Gasteiger partial charge in [0.2, 0.25) is 11.7 Å². The smallest absolute Gasteiger partial charge is 0.416 e. The normalized spacial score (nSPS) is 11.4. The lowest BCUT2D eigenvalue weighted by Gasteiger charge is -2.06. The second-order valence-electron chi connectivity index (χ2n) is 6.25. The number of tetrazole rings is 1. The Kier molecular flexibility index (Phi) is 5.87. The maximum absolute atomic E-state index is 12.9. The lowest BCUT2D eigenvalue weighted by molar-refractivity contribution is -0.137. The number of alkyl halides is 3. The highest BCUT2D eigenvalue weighted by Gasteiger charge is 2.30. The van der Waals surface area contributed by atoms with Crippen molar-refractivity contribution in [3.8, 4) is 11.4 Å². The van der Waals surface area contributed by atoms with Gasteiger partial charge in [0.15, 0.2) is 0 Å². The van der Waals surface area contributed by atoms with Crippen LogP contribution in [0.3, 0.4) is 0 Å². The summed E-state index contributed by atoms with van der Waals surface area (Å²) in [6.07, 6.45) is -4.50. The Labute approximate surface area is 172 Å². The third-order valence-electron chi connectivity index (χ3n) is 4.21. The summed E-state index contributed by atoms with van der Waals surface area (Å²) in [5.41, 5.74) is 0.249. The van der Waals surface area contributed by atoms with E-state index in [1.54, 1.807) is 6.92 Å². The van der Waals surface area contributed by atoms with Gasteiger partial charge < -0.3 is 10.1 Å². The number of aromatic nitrogens is 4. The SMILES string of the molecule is COC(=O)c1c(NC(=O)Cn2nnc(-c3cccc(C(F)(F)F)c3)n2)sc(C)c1C. The van der Waals surface area contributed by atoms with E-state index in [0.29, 0.717) is 10.6 Å². The summed E-state index contributed by atoms with van der Waals surface area (Å²) in [4.78, 5) is 26.1. The molecule has 3 rings (SSSR count). The number of benzene rings is 1. The molecule has 12 heteroatoms. The molecule has 1 aromatic carbocycles. The second kappa shape index (κ2) is 8.22. The van der Waals surface area contributed by atoms with E-state index in [-0.39, 0.29) is 23.5 Å². The van der Waals surface area contributed by atoms with Crippen LogP contribution < -0.4 is 5.32 Å². The molecule has 1 amide bonds. The molecule has 2 heterocycles. The molecule has 1 N–H and O–H groups in total. The fourth-order valence-corrected chi connectivity index (χ4v) is 3.68. The van der Waals surface area contributed by atoms with Gasteiger partial charge in [-0.3, -0.25) is 4.79 Å². The molecule has 0 unspecified atom stereocenters. The molecule has 0 saturated carbocycles. The van der Waals surface area contributed by atoms with E-state index in [1.165, 1.54) is 30.6 Å². The number of esters is 1. The summed E-state index contributed by atoms with van der Waals surface area (Å²) in [7, 11) is 1.25. The van der Waals surface area contributed by atoms with E-state index >= 15 is 0 Å². The molecule has 0 fully saturated rings. The average Bonchev–Trinajstić information content (AvgIpc) is 3.25. The van der Waals surface area contributed by atoms with Gasteiger partial charge in [-0.15, -0.1) is 21.5 Å². The van der Waals surface area contributed by atoms with Gasteiger partial charge in [-0.05, 0) is 36.8 Å². The van der Waals surface area contributed by atoms with Crippen LogP contribution in [0.25, 0.3) is 11.4 Å². The van der Waals surface area contributed by atoms with E-state index < -0.39 is 23.6 Å². The van der Waals surface area contributed by atoms with Gasteiger partial charge in [-0.25, -0.2) is 4.79 Å². The predicted molar refractivity (Wildman–Crippen MR) is 102 cm³/mol. The summed E-state index contributed by atoms with van der Waals surface area (Å²) in [6.45, 7) is 3.21. The molecular formula is C18H16F3N5O3S. The van der Waals surface area contributed by atoms with Crippen molar-refractivity contribution in [3.05, 3.63) is 45.8 Å². The number of nitrogens with zero attached hydrogens (tertiary/aromatic N) is 4. The summed E-state index contributed by atoms with van der Waals surface area (Å²) in [6, 6.07) is 4.49. The van der Waals surface area contributed by atoms with Gasteiger partial charge in [0, 0.05) is 10.4 Å². The molecule has 0 radical (unpaired) electrons. The third-order valence-corrected chi connectivity index (χ3v) is 5.34. The predicted octanol–water partition coefficient (Wildman–Crippen LogP) is 3.46. The van der Waals surface area contributed by atoms with Crippen molar-refractivity contribution in [2.75, 3.05) is 12.4 Å². The Hall–Kier alpha value is -3.28. The first-order chi connectivity index (χ1) is 14.1. The van der Waals surface area contributed by atoms with Crippen LogP contribution in [0.5, 0.6) is 0 Å². The van der Waals surface area contributed by atoms with E-state index in [4.69, 9.17) is 4.74 Å². The number of ether oxygens (including phenoxy) is 1. The van der Waals surface area contributed by atoms with Crippen LogP contribution >= 0.6 is 11.3 Å². The first-order valence-corrected chi connectivity index (χ1v) is 9.35. The number of aryl methyl sites for hydroxylation is 1. The number of amides is 1. The molecule has 0 spiro atoms. The Morgan fingerprint density at radius 3 is 2.67 bits per heavy atom. The fraction of sp³-hybridized carbons (Fsp3) is 0.278.